The van der Waals surface area contributed by atoms with E-state index < -0.39 is 15.7 Å². The highest BCUT2D eigenvalue weighted by Gasteiger charge is 2.25. The molecule has 0 atom stereocenters. The number of imide groups is 1. The first kappa shape index (κ1) is 19.2. The number of nitrogens with one attached hydrogen (secondary N) is 2. The molecule has 0 aliphatic carbocycles. The predicted molar refractivity (Wildman–Crippen MR) is 111 cm³/mol. The summed E-state index contributed by atoms with van der Waals surface area (Å²) in [5.74, 6) is -0.404. The van der Waals surface area contributed by atoms with Crippen molar-refractivity contribution >= 4 is 50.2 Å². The van der Waals surface area contributed by atoms with Gasteiger partial charge < -0.3 is 9.72 Å². The van der Waals surface area contributed by atoms with Crippen LogP contribution in [0, 0.1) is 0 Å². The Labute approximate surface area is 170 Å². The smallest absolute Gasteiger partial charge is 0.290 e. The Morgan fingerprint density at radius 3 is 2.79 bits per heavy atom. The van der Waals surface area contributed by atoms with Crippen molar-refractivity contribution in [3.63, 3.8) is 0 Å². The molecule has 2 aromatic heterocycles. The number of hydrogen-bond donors (Lipinski definition) is 2. The molecule has 1 aliphatic rings. The molecule has 1 saturated heterocycles. The number of rotatable bonds is 5. The van der Waals surface area contributed by atoms with Gasteiger partial charge in [-0.15, -0.1) is 0 Å². The summed E-state index contributed by atoms with van der Waals surface area (Å²) in [5.41, 5.74) is 3.01. The van der Waals surface area contributed by atoms with E-state index in [2.05, 4.69) is 15.6 Å². The number of carbonyl (C=O) groups is 2. The zero-order chi connectivity index (χ0) is 20.6. The first-order valence-corrected chi connectivity index (χ1v) is 11.3. The Morgan fingerprint density at radius 2 is 2.07 bits per heavy atom. The second-order valence-corrected chi connectivity index (χ2v) is 9.48. The van der Waals surface area contributed by atoms with E-state index in [-0.39, 0.29) is 10.1 Å². The normalized spacial score (nSPS) is 15.8. The number of hydrogen-bond acceptors (Lipinski definition) is 7. The fourth-order valence-electron chi connectivity index (χ4n) is 2.87. The van der Waals surface area contributed by atoms with Gasteiger partial charge in [-0.1, -0.05) is 6.07 Å². The maximum atomic E-state index is 11.7. The molecule has 3 heterocycles. The number of benzene rings is 1. The standard InChI is InChI=1S/C19H16N4O4S2/c1-29(26,27)15-4-2-3-13(8-15)20-9-14-10-21-17-6-5-12(11-23(14)17)7-16-18(24)22-19(25)28-16/h2-8,10-11,20H,9H2,1H3,(H,22,24,25)/b16-7-. The van der Waals surface area contributed by atoms with Crippen LogP contribution < -0.4 is 10.6 Å². The summed E-state index contributed by atoms with van der Waals surface area (Å²) in [6.07, 6.45) is 6.37. The number of aromatic nitrogens is 2. The van der Waals surface area contributed by atoms with Gasteiger partial charge in [0.25, 0.3) is 11.1 Å². The van der Waals surface area contributed by atoms with E-state index in [4.69, 9.17) is 0 Å². The quantitative estimate of drug-likeness (QED) is 0.601. The minimum atomic E-state index is -3.28. The SMILES string of the molecule is CS(=O)(=O)c1cccc(NCc2cnc3ccc(/C=C4\SC(=O)NC4=O)cn23)c1. The Bertz CT molecular complexity index is 1280. The van der Waals surface area contributed by atoms with E-state index in [0.717, 1.165) is 28.7 Å². The molecule has 1 fully saturated rings. The number of pyridine rings is 1. The average molecular weight is 428 g/mol. The van der Waals surface area contributed by atoms with Crippen LogP contribution in [-0.4, -0.2) is 35.2 Å². The second-order valence-electron chi connectivity index (χ2n) is 6.45. The lowest BCUT2D eigenvalue weighted by atomic mass is 10.2. The summed E-state index contributed by atoms with van der Waals surface area (Å²) in [6.45, 7) is 0.419. The van der Waals surface area contributed by atoms with Crippen molar-refractivity contribution in [2.75, 3.05) is 11.6 Å². The molecule has 0 spiro atoms. The number of sulfone groups is 1. The van der Waals surface area contributed by atoms with Crippen LogP contribution in [-0.2, 0) is 21.2 Å². The van der Waals surface area contributed by atoms with E-state index in [9.17, 15) is 18.0 Å². The van der Waals surface area contributed by atoms with Gasteiger partial charge >= 0.3 is 0 Å². The molecule has 0 bridgehead atoms. The summed E-state index contributed by atoms with van der Waals surface area (Å²) >= 11 is 0.866. The minimum absolute atomic E-state index is 0.247. The molecular formula is C19H16N4O4S2. The Morgan fingerprint density at radius 1 is 1.24 bits per heavy atom. The third kappa shape index (κ3) is 4.17. The molecule has 10 heteroatoms. The molecule has 0 radical (unpaired) electrons. The van der Waals surface area contributed by atoms with E-state index in [0.29, 0.717) is 17.1 Å². The lowest BCUT2D eigenvalue weighted by Crippen LogP contribution is -2.17. The zero-order valence-electron chi connectivity index (χ0n) is 15.2. The summed E-state index contributed by atoms with van der Waals surface area (Å²) in [6, 6.07) is 10.2. The topological polar surface area (TPSA) is 110 Å². The number of carbonyl (C=O) groups excluding carboxylic acids is 2. The van der Waals surface area contributed by atoms with Crippen molar-refractivity contribution in [2.45, 2.75) is 11.4 Å². The monoisotopic (exact) mass is 428 g/mol. The van der Waals surface area contributed by atoms with Crippen LogP contribution in [0.15, 0.2) is 58.6 Å². The minimum Gasteiger partial charge on any atom is -0.379 e. The third-order valence-electron chi connectivity index (χ3n) is 4.28. The van der Waals surface area contributed by atoms with Crippen molar-refractivity contribution in [1.82, 2.24) is 14.7 Å². The molecule has 4 rings (SSSR count). The number of thioether (sulfide) groups is 1. The third-order valence-corrected chi connectivity index (χ3v) is 6.20. The first-order valence-electron chi connectivity index (χ1n) is 8.54. The maximum absolute atomic E-state index is 11.7. The molecule has 1 aromatic carbocycles. The molecule has 8 nitrogen and oxygen atoms in total. The fraction of sp³-hybridized carbons (Fsp3) is 0.105. The van der Waals surface area contributed by atoms with Crippen LogP contribution in [0.2, 0.25) is 0 Å². The zero-order valence-corrected chi connectivity index (χ0v) is 16.9. The fourth-order valence-corrected chi connectivity index (χ4v) is 4.21. The number of anilines is 1. The van der Waals surface area contributed by atoms with E-state index in [1.807, 2.05) is 22.7 Å². The van der Waals surface area contributed by atoms with Gasteiger partial charge in [-0.3, -0.25) is 14.9 Å². The molecular weight excluding hydrogens is 412 g/mol. The van der Waals surface area contributed by atoms with Gasteiger partial charge in [0.15, 0.2) is 9.84 Å². The molecule has 148 valence electrons. The lowest BCUT2D eigenvalue weighted by molar-refractivity contribution is -0.115. The largest absolute Gasteiger partial charge is 0.379 e. The van der Waals surface area contributed by atoms with Crippen molar-refractivity contribution in [3.8, 4) is 0 Å². The van der Waals surface area contributed by atoms with Crippen LogP contribution in [0.5, 0.6) is 0 Å². The van der Waals surface area contributed by atoms with Gasteiger partial charge in [-0.05, 0) is 53.7 Å². The highest BCUT2D eigenvalue weighted by atomic mass is 32.2. The molecule has 3 aromatic rings. The molecule has 0 unspecified atom stereocenters. The summed E-state index contributed by atoms with van der Waals surface area (Å²) in [7, 11) is -3.28. The van der Waals surface area contributed by atoms with Crippen LogP contribution in [0.25, 0.3) is 11.7 Å². The van der Waals surface area contributed by atoms with Gasteiger partial charge in [-0.25, -0.2) is 13.4 Å². The van der Waals surface area contributed by atoms with Crippen LogP contribution in [0.1, 0.15) is 11.3 Å². The Balaban J connectivity index is 1.58. The Kier molecular flexibility index (Phi) is 4.89. The van der Waals surface area contributed by atoms with Gasteiger partial charge in [0.05, 0.1) is 28.2 Å². The first-order chi connectivity index (χ1) is 13.8. The van der Waals surface area contributed by atoms with Crippen molar-refractivity contribution < 1.29 is 18.0 Å². The summed E-state index contributed by atoms with van der Waals surface area (Å²) in [4.78, 5) is 28.0. The molecule has 2 N–H and O–H groups in total. The molecule has 2 amide bonds. The highest BCUT2D eigenvalue weighted by molar-refractivity contribution is 8.18. The van der Waals surface area contributed by atoms with E-state index >= 15 is 0 Å². The number of fused-ring (bicyclic) bond motifs is 1. The van der Waals surface area contributed by atoms with Crippen LogP contribution in [0.4, 0.5) is 10.5 Å². The van der Waals surface area contributed by atoms with Gasteiger partial charge in [-0.2, -0.15) is 0 Å². The number of imidazole rings is 1. The van der Waals surface area contributed by atoms with E-state index in [1.165, 1.54) is 6.26 Å². The van der Waals surface area contributed by atoms with Crippen molar-refractivity contribution in [2.24, 2.45) is 0 Å². The number of nitrogens with zero attached hydrogens (tertiary/aromatic N) is 2. The lowest BCUT2D eigenvalue weighted by Gasteiger charge is -2.08. The van der Waals surface area contributed by atoms with Crippen LogP contribution >= 0.6 is 11.8 Å². The summed E-state index contributed by atoms with van der Waals surface area (Å²) in [5, 5.41) is 5.05. The molecule has 29 heavy (non-hydrogen) atoms. The van der Waals surface area contributed by atoms with Gasteiger partial charge in [0, 0.05) is 18.1 Å². The number of amides is 2. The average Bonchev–Trinajstić information content (AvgIpc) is 3.21. The van der Waals surface area contributed by atoms with Gasteiger partial charge in [0.1, 0.15) is 5.65 Å². The predicted octanol–water partition coefficient (Wildman–Crippen LogP) is 2.67. The Hall–Kier alpha value is -3.11. The molecule has 1 aliphatic heterocycles. The van der Waals surface area contributed by atoms with Gasteiger partial charge in [0.2, 0.25) is 0 Å². The van der Waals surface area contributed by atoms with Crippen molar-refractivity contribution in [3.05, 3.63) is 65.0 Å². The summed E-state index contributed by atoms with van der Waals surface area (Å²) < 4.78 is 25.3. The molecule has 0 saturated carbocycles. The van der Waals surface area contributed by atoms with Crippen LogP contribution in [0.3, 0.4) is 0 Å². The highest BCUT2D eigenvalue weighted by Crippen LogP contribution is 2.26. The maximum Gasteiger partial charge on any atom is 0.290 e. The van der Waals surface area contributed by atoms with E-state index in [1.54, 1.807) is 36.5 Å². The van der Waals surface area contributed by atoms with Crippen molar-refractivity contribution in [1.29, 1.82) is 0 Å². The second kappa shape index (κ2) is 7.37.